The summed E-state index contributed by atoms with van der Waals surface area (Å²) in [4.78, 5) is 36.7. The highest BCUT2D eigenvalue weighted by Gasteiger charge is 2.13. The quantitative estimate of drug-likeness (QED) is 0.280. The highest BCUT2D eigenvalue weighted by molar-refractivity contribution is 6.00. The standard InChI is InChI=1S/C23H31N5O4/c24-8-10-27-22(30)18-14-19(23(31)28-11-9-25)16-20(15-18)32-13-12-26-21(29)7-6-17-4-2-1-3-5-17/h1-5,14-16H,6-13,24-25H2,(H,26,29)(H,27,30)(H,28,31). The van der Waals surface area contributed by atoms with Gasteiger partial charge < -0.3 is 32.2 Å². The van der Waals surface area contributed by atoms with Gasteiger partial charge in [-0.15, -0.1) is 0 Å². The fraction of sp³-hybridized carbons (Fsp3) is 0.348. The van der Waals surface area contributed by atoms with E-state index in [1.54, 1.807) is 12.1 Å². The molecule has 9 nitrogen and oxygen atoms in total. The fourth-order valence-corrected chi connectivity index (χ4v) is 2.87. The molecular formula is C23H31N5O4. The Morgan fingerprint density at radius 3 is 1.94 bits per heavy atom. The minimum Gasteiger partial charge on any atom is -0.492 e. The molecule has 9 heteroatoms. The van der Waals surface area contributed by atoms with Crippen molar-refractivity contribution in [2.45, 2.75) is 12.8 Å². The predicted octanol–water partition coefficient (Wildman–Crippen LogP) is 0.191. The van der Waals surface area contributed by atoms with Crippen molar-refractivity contribution in [1.82, 2.24) is 16.0 Å². The molecule has 0 radical (unpaired) electrons. The maximum absolute atomic E-state index is 12.3. The van der Waals surface area contributed by atoms with E-state index >= 15 is 0 Å². The third kappa shape index (κ3) is 8.75. The Morgan fingerprint density at radius 2 is 1.38 bits per heavy atom. The average molecular weight is 442 g/mol. The molecule has 0 saturated carbocycles. The minimum atomic E-state index is -0.358. The number of ether oxygens (including phenoxy) is 1. The van der Waals surface area contributed by atoms with Gasteiger partial charge in [-0.05, 0) is 30.2 Å². The van der Waals surface area contributed by atoms with E-state index in [4.69, 9.17) is 16.2 Å². The topological polar surface area (TPSA) is 149 Å². The maximum atomic E-state index is 12.3. The number of amides is 3. The largest absolute Gasteiger partial charge is 0.492 e. The number of hydrogen-bond donors (Lipinski definition) is 5. The molecule has 0 aromatic heterocycles. The zero-order chi connectivity index (χ0) is 23.2. The van der Waals surface area contributed by atoms with Gasteiger partial charge in [0, 0.05) is 43.7 Å². The van der Waals surface area contributed by atoms with Crippen molar-refractivity contribution >= 4 is 17.7 Å². The smallest absolute Gasteiger partial charge is 0.251 e. The lowest BCUT2D eigenvalue weighted by Crippen LogP contribution is -2.31. The van der Waals surface area contributed by atoms with Crippen LogP contribution in [0.15, 0.2) is 48.5 Å². The predicted molar refractivity (Wildman–Crippen MR) is 122 cm³/mol. The number of benzene rings is 2. The lowest BCUT2D eigenvalue weighted by molar-refractivity contribution is -0.121. The van der Waals surface area contributed by atoms with Crippen LogP contribution < -0.4 is 32.2 Å². The van der Waals surface area contributed by atoms with Crippen LogP contribution in [0, 0.1) is 0 Å². The van der Waals surface area contributed by atoms with E-state index in [-0.39, 0.29) is 35.5 Å². The van der Waals surface area contributed by atoms with Crippen molar-refractivity contribution in [3.63, 3.8) is 0 Å². The van der Waals surface area contributed by atoms with Crippen molar-refractivity contribution in [2.75, 3.05) is 39.3 Å². The average Bonchev–Trinajstić information content (AvgIpc) is 2.82. The normalized spacial score (nSPS) is 10.3. The first-order valence-corrected chi connectivity index (χ1v) is 10.6. The van der Waals surface area contributed by atoms with Crippen LogP contribution in [0.5, 0.6) is 5.75 Å². The Morgan fingerprint density at radius 1 is 0.781 bits per heavy atom. The Labute approximate surface area is 187 Å². The summed E-state index contributed by atoms with van der Waals surface area (Å²) in [6.45, 7) is 1.72. The van der Waals surface area contributed by atoms with Gasteiger partial charge in [0.25, 0.3) is 11.8 Å². The Balaban J connectivity index is 1.91. The van der Waals surface area contributed by atoms with Gasteiger partial charge in [0.15, 0.2) is 0 Å². The molecule has 0 saturated heterocycles. The van der Waals surface area contributed by atoms with E-state index < -0.39 is 0 Å². The van der Waals surface area contributed by atoms with Crippen molar-refractivity contribution in [3.8, 4) is 5.75 Å². The molecule has 172 valence electrons. The van der Waals surface area contributed by atoms with Gasteiger partial charge in [-0.2, -0.15) is 0 Å². The Hall–Kier alpha value is -3.43. The molecule has 7 N–H and O–H groups in total. The van der Waals surface area contributed by atoms with E-state index in [0.717, 1.165) is 5.56 Å². The number of nitrogens with two attached hydrogens (primary N) is 2. The van der Waals surface area contributed by atoms with Crippen molar-refractivity contribution in [3.05, 3.63) is 65.2 Å². The van der Waals surface area contributed by atoms with Crippen molar-refractivity contribution in [2.24, 2.45) is 11.5 Å². The molecule has 2 rings (SSSR count). The zero-order valence-corrected chi connectivity index (χ0v) is 18.1. The molecule has 0 unspecified atom stereocenters. The molecule has 3 amide bonds. The first-order chi connectivity index (χ1) is 15.5. The highest BCUT2D eigenvalue weighted by Crippen LogP contribution is 2.18. The molecule has 2 aromatic carbocycles. The second kappa shape index (κ2) is 13.8. The first-order valence-electron chi connectivity index (χ1n) is 10.6. The van der Waals surface area contributed by atoms with Crippen LogP contribution in [-0.2, 0) is 11.2 Å². The van der Waals surface area contributed by atoms with Crippen LogP contribution in [0.2, 0.25) is 0 Å². The second-order valence-corrected chi connectivity index (χ2v) is 7.02. The summed E-state index contributed by atoms with van der Waals surface area (Å²) in [6, 6.07) is 14.3. The monoisotopic (exact) mass is 441 g/mol. The van der Waals surface area contributed by atoms with Gasteiger partial charge in [0.05, 0.1) is 6.54 Å². The van der Waals surface area contributed by atoms with Gasteiger partial charge in [-0.25, -0.2) is 0 Å². The van der Waals surface area contributed by atoms with E-state index in [9.17, 15) is 14.4 Å². The van der Waals surface area contributed by atoms with Gasteiger partial charge >= 0.3 is 0 Å². The molecule has 0 aliphatic rings. The number of hydrogen-bond acceptors (Lipinski definition) is 6. The van der Waals surface area contributed by atoms with Crippen LogP contribution in [-0.4, -0.2) is 57.1 Å². The molecule has 0 heterocycles. The Kier molecular flexibility index (Phi) is 10.7. The van der Waals surface area contributed by atoms with Crippen LogP contribution >= 0.6 is 0 Å². The van der Waals surface area contributed by atoms with E-state index in [2.05, 4.69) is 16.0 Å². The Bertz CT molecular complexity index is 851. The van der Waals surface area contributed by atoms with E-state index in [1.807, 2.05) is 30.3 Å². The molecule has 0 aliphatic carbocycles. The summed E-state index contributed by atoms with van der Waals surface area (Å²) in [6.07, 6.45) is 1.04. The lowest BCUT2D eigenvalue weighted by atomic mass is 10.1. The van der Waals surface area contributed by atoms with Crippen molar-refractivity contribution < 1.29 is 19.1 Å². The van der Waals surface area contributed by atoms with Crippen LogP contribution in [0.1, 0.15) is 32.7 Å². The summed E-state index contributed by atoms with van der Waals surface area (Å²) in [7, 11) is 0. The molecular weight excluding hydrogens is 410 g/mol. The van der Waals surface area contributed by atoms with Crippen LogP contribution in [0.3, 0.4) is 0 Å². The number of carbonyl (C=O) groups excluding carboxylic acids is 3. The summed E-state index contributed by atoms with van der Waals surface area (Å²) in [5.74, 6) is -0.443. The van der Waals surface area contributed by atoms with Gasteiger partial charge in [0.2, 0.25) is 5.91 Å². The summed E-state index contributed by atoms with van der Waals surface area (Å²) in [5.41, 5.74) is 12.5. The molecule has 0 fully saturated rings. The first kappa shape index (κ1) is 24.8. The molecule has 32 heavy (non-hydrogen) atoms. The van der Waals surface area contributed by atoms with Gasteiger partial charge in [0.1, 0.15) is 12.4 Å². The summed E-state index contributed by atoms with van der Waals surface area (Å²) < 4.78 is 5.69. The molecule has 0 spiro atoms. The zero-order valence-electron chi connectivity index (χ0n) is 18.1. The fourth-order valence-electron chi connectivity index (χ4n) is 2.87. The molecule has 0 atom stereocenters. The summed E-state index contributed by atoms with van der Waals surface area (Å²) >= 11 is 0. The van der Waals surface area contributed by atoms with E-state index in [0.29, 0.717) is 51.3 Å². The molecule has 0 bridgehead atoms. The third-order valence-electron chi connectivity index (χ3n) is 4.47. The van der Waals surface area contributed by atoms with Crippen LogP contribution in [0.4, 0.5) is 0 Å². The minimum absolute atomic E-state index is 0.0748. The highest BCUT2D eigenvalue weighted by atomic mass is 16.5. The lowest BCUT2D eigenvalue weighted by Gasteiger charge is -2.12. The SMILES string of the molecule is NCCNC(=O)c1cc(OCCNC(=O)CCc2ccccc2)cc(C(=O)NCCN)c1. The van der Waals surface area contributed by atoms with Gasteiger partial charge in [-0.1, -0.05) is 30.3 Å². The maximum Gasteiger partial charge on any atom is 0.251 e. The summed E-state index contributed by atoms with van der Waals surface area (Å²) in [5, 5.41) is 8.14. The number of nitrogens with one attached hydrogen (secondary N) is 3. The van der Waals surface area contributed by atoms with Crippen LogP contribution in [0.25, 0.3) is 0 Å². The number of rotatable bonds is 13. The number of carbonyl (C=O) groups is 3. The molecule has 2 aromatic rings. The molecule has 0 aliphatic heterocycles. The van der Waals surface area contributed by atoms with E-state index in [1.165, 1.54) is 6.07 Å². The third-order valence-corrected chi connectivity index (χ3v) is 4.47. The number of aryl methyl sites for hydroxylation is 1. The van der Waals surface area contributed by atoms with Crippen molar-refractivity contribution in [1.29, 1.82) is 0 Å². The second-order valence-electron chi connectivity index (χ2n) is 7.02. The van der Waals surface area contributed by atoms with Gasteiger partial charge in [-0.3, -0.25) is 14.4 Å².